The van der Waals surface area contributed by atoms with Crippen molar-refractivity contribution in [1.29, 1.82) is 0 Å². The Hall–Kier alpha value is -3.15. The van der Waals surface area contributed by atoms with Crippen LogP contribution >= 0.6 is 0 Å². The Balaban J connectivity index is 1.52. The molecule has 6 heteroatoms. The summed E-state index contributed by atoms with van der Waals surface area (Å²) >= 11 is 0. The smallest absolute Gasteiger partial charge is 0.197 e. The molecule has 0 radical (unpaired) electrons. The molecule has 1 atom stereocenters. The van der Waals surface area contributed by atoms with Crippen LogP contribution in [0.15, 0.2) is 64.1 Å². The summed E-state index contributed by atoms with van der Waals surface area (Å²) in [7, 11) is 0. The number of anilines is 1. The van der Waals surface area contributed by atoms with Crippen LogP contribution in [0.3, 0.4) is 0 Å². The minimum Gasteiger partial charge on any atom is -0.359 e. The van der Waals surface area contributed by atoms with Gasteiger partial charge in [0.2, 0.25) is 0 Å². The SMILES string of the molecule is CC(c1ccc(-c2ccccc2)c(F)c1)c1cc(NC2=NCCCN2)no1. The highest BCUT2D eigenvalue weighted by Crippen LogP contribution is 2.30. The van der Waals surface area contributed by atoms with Crippen LogP contribution in [0.25, 0.3) is 11.1 Å². The number of hydrogen-bond acceptors (Lipinski definition) is 5. The molecular formula is C21H21FN4O. The third-order valence-electron chi connectivity index (χ3n) is 4.68. The number of rotatable bonds is 4. The number of hydrogen-bond donors (Lipinski definition) is 2. The summed E-state index contributed by atoms with van der Waals surface area (Å²) < 4.78 is 20.1. The maximum atomic E-state index is 14.6. The van der Waals surface area contributed by atoms with Crippen molar-refractivity contribution in [1.82, 2.24) is 10.5 Å². The molecule has 0 aliphatic carbocycles. The average molecular weight is 364 g/mol. The van der Waals surface area contributed by atoms with Gasteiger partial charge in [0.15, 0.2) is 11.8 Å². The molecule has 0 fully saturated rings. The van der Waals surface area contributed by atoms with Crippen molar-refractivity contribution in [2.45, 2.75) is 19.3 Å². The molecule has 138 valence electrons. The van der Waals surface area contributed by atoms with Crippen LogP contribution in [0.5, 0.6) is 0 Å². The predicted molar refractivity (Wildman–Crippen MR) is 104 cm³/mol. The summed E-state index contributed by atoms with van der Waals surface area (Å²) in [5, 5.41) is 10.3. The zero-order valence-corrected chi connectivity index (χ0v) is 15.1. The number of aromatic nitrogens is 1. The molecule has 27 heavy (non-hydrogen) atoms. The quantitative estimate of drug-likeness (QED) is 0.721. The normalized spacial score (nSPS) is 15.0. The number of guanidine groups is 1. The molecule has 1 unspecified atom stereocenters. The largest absolute Gasteiger partial charge is 0.359 e. The molecule has 5 nitrogen and oxygen atoms in total. The van der Waals surface area contributed by atoms with Crippen LogP contribution in [0.2, 0.25) is 0 Å². The zero-order valence-electron chi connectivity index (χ0n) is 15.1. The first-order chi connectivity index (χ1) is 13.2. The lowest BCUT2D eigenvalue weighted by Gasteiger charge is -2.14. The maximum absolute atomic E-state index is 14.6. The molecule has 1 aromatic heterocycles. The molecule has 0 spiro atoms. The van der Waals surface area contributed by atoms with Gasteiger partial charge in [-0.1, -0.05) is 54.5 Å². The van der Waals surface area contributed by atoms with E-state index in [0.29, 0.717) is 23.1 Å². The summed E-state index contributed by atoms with van der Waals surface area (Å²) in [5.74, 6) is 1.59. The van der Waals surface area contributed by atoms with Gasteiger partial charge < -0.3 is 15.2 Å². The van der Waals surface area contributed by atoms with E-state index in [1.165, 1.54) is 0 Å². The van der Waals surface area contributed by atoms with Gasteiger partial charge in [-0.2, -0.15) is 0 Å². The fraction of sp³-hybridized carbons (Fsp3) is 0.238. The molecule has 2 heterocycles. The van der Waals surface area contributed by atoms with Crippen LogP contribution < -0.4 is 10.6 Å². The number of aliphatic imine (C=N–C) groups is 1. The third kappa shape index (κ3) is 3.84. The maximum Gasteiger partial charge on any atom is 0.197 e. The molecule has 0 saturated carbocycles. The molecule has 2 N–H and O–H groups in total. The van der Waals surface area contributed by atoms with E-state index in [0.717, 1.165) is 30.6 Å². The van der Waals surface area contributed by atoms with Gasteiger partial charge in [-0.05, 0) is 23.6 Å². The molecule has 3 aromatic rings. The van der Waals surface area contributed by atoms with Crippen molar-refractivity contribution in [2.24, 2.45) is 4.99 Å². The van der Waals surface area contributed by atoms with E-state index in [9.17, 15) is 4.39 Å². The van der Waals surface area contributed by atoms with Gasteiger partial charge in [-0.3, -0.25) is 4.99 Å². The fourth-order valence-electron chi connectivity index (χ4n) is 3.11. The number of nitrogens with one attached hydrogen (secondary N) is 2. The summed E-state index contributed by atoms with van der Waals surface area (Å²) in [6.07, 6.45) is 1.02. The highest BCUT2D eigenvalue weighted by atomic mass is 19.1. The Morgan fingerprint density at radius 3 is 2.74 bits per heavy atom. The van der Waals surface area contributed by atoms with E-state index in [2.05, 4.69) is 20.8 Å². The van der Waals surface area contributed by atoms with E-state index >= 15 is 0 Å². The average Bonchev–Trinajstić information content (AvgIpc) is 3.17. The topological polar surface area (TPSA) is 62.5 Å². The summed E-state index contributed by atoms with van der Waals surface area (Å²) in [6, 6.07) is 16.7. The molecule has 0 amide bonds. The Morgan fingerprint density at radius 1 is 1.15 bits per heavy atom. The summed E-state index contributed by atoms with van der Waals surface area (Å²) in [5.41, 5.74) is 2.29. The monoisotopic (exact) mass is 364 g/mol. The number of halogens is 1. The Morgan fingerprint density at radius 2 is 2.00 bits per heavy atom. The van der Waals surface area contributed by atoms with Crippen LogP contribution in [-0.4, -0.2) is 24.2 Å². The zero-order chi connectivity index (χ0) is 18.6. The fourth-order valence-corrected chi connectivity index (χ4v) is 3.11. The second-order valence-corrected chi connectivity index (χ2v) is 6.58. The van der Waals surface area contributed by atoms with Gasteiger partial charge >= 0.3 is 0 Å². The van der Waals surface area contributed by atoms with E-state index in [-0.39, 0.29) is 11.7 Å². The van der Waals surface area contributed by atoms with Gasteiger partial charge in [0, 0.05) is 30.6 Å². The van der Waals surface area contributed by atoms with Crippen molar-refractivity contribution in [3.8, 4) is 11.1 Å². The van der Waals surface area contributed by atoms with Gasteiger partial charge in [0.25, 0.3) is 0 Å². The Kier molecular flexibility index (Phi) is 4.87. The minimum absolute atomic E-state index is 0.117. The second kappa shape index (κ2) is 7.61. The molecule has 0 bridgehead atoms. The van der Waals surface area contributed by atoms with Crippen molar-refractivity contribution >= 4 is 11.8 Å². The van der Waals surface area contributed by atoms with Gasteiger partial charge in [0.05, 0.1) is 0 Å². The highest BCUT2D eigenvalue weighted by Gasteiger charge is 2.17. The van der Waals surface area contributed by atoms with Crippen molar-refractivity contribution < 1.29 is 8.91 Å². The van der Waals surface area contributed by atoms with Gasteiger partial charge in [0.1, 0.15) is 11.6 Å². The number of benzene rings is 2. The Labute approximate surface area is 157 Å². The van der Waals surface area contributed by atoms with E-state index in [4.69, 9.17) is 4.52 Å². The summed E-state index contributed by atoms with van der Waals surface area (Å²) in [4.78, 5) is 4.35. The van der Waals surface area contributed by atoms with Gasteiger partial charge in [-0.15, -0.1) is 0 Å². The lowest BCUT2D eigenvalue weighted by atomic mass is 9.95. The van der Waals surface area contributed by atoms with E-state index < -0.39 is 0 Å². The predicted octanol–water partition coefficient (Wildman–Crippen LogP) is 4.39. The van der Waals surface area contributed by atoms with Crippen LogP contribution in [-0.2, 0) is 0 Å². The molecule has 1 aliphatic heterocycles. The van der Waals surface area contributed by atoms with E-state index in [1.807, 2.05) is 55.5 Å². The van der Waals surface area contributed by atoms with Crippen molar-refractivity contribution in [3.63, 3.8) is 0 Å². The van der Waals surface area contributed by atoms with Crippen molar-refractivity contribution in [2.75, 3.05) is 18.4 Å². The molecule has 2 aromatic carbocycles. The van der Waals surface area contributed by atoms with Crippen LogP contribution in [0, 0.1) is 5.82 Å². The molecule has 1 aliphatic rings. The van der Waals surface area contributed by atoms with Gasteiger partial charge in [-0.25, -0.2) is 4.39 Å². The van der Waals surface area contributed by atoms with Crippen LogP contribution in [0.4, 0.5) is 10.2 Å². The number of nitrogens with zero attached hydrogens (tertiary/aromatic N) is 2. The molecule has 4 rings (SSSR count). The van der Waals surface area contributed by atoms with Crippen molar-refractivity contribution in [3.05, 3.63) is 71.7 Å². The van der Waals surface area contributed by atoms with Crippen LogP contribution in [0.1, 0.15) is 30.6 Å². The summed E-state index contributed by atoms with van der Waals surface area (Å²) in [6.45, 7) is 3.65. The first kappa shape index (κ1) is 17.3. The lowest BCUT2D eigenvalue weighted by Crippen LogP contribution is -2.35. The first-order valence-electron chi connectivity index (χ1n) is 9.07. The highest BCUT2D eigenvalue weighted by molar-refractivity contribution is 5.93. The first-order valence-corrected chi connectivity index (χ1v) is 9.07. The second-order valence-electron chi connectivity index (χ2n) is 6.58. The lowest BCUT2D eigenvalue weighted by molar-refractivity contribution is 0.378. The molecular weight excluding hydrogens is 343 g/mol. The standard InChI is InChI=1S/C21H21FN4O/c1-14(19-13-20(26-27-19)25-21-23-10-5-11-24-21)16-8-9-17(18(22)12-16)15-6-3-2-4-7-15/h2-4,6-9,12-14H,5,10-11H2,1H3,(H2,23,24,25,26). The van der Waals surface area contributed by atoms with E-state index in [1.54, 1.807) is 6.07 Å². The minimum atomic E-state index is -0.246. The Bertz CT molecular complexity index is 952. The third-order valence-corrected chi connectivity index (χ3v) is 4.68. The molecule has 0 saturated heterocycles.